The smallest absolute Gasteiger partial charge is 0.132 e. The number of benzene rings is 1. The van der Waals surface area contributed by atoms with Gasteiger partial charge in [0.1, 0.15) is 5.82 Å². The summed E-state index contributed by atoms with van der Waals surface area (Å²) < 4.78 is 14.5. The predicted molar refractivity (Wildman–Crippen MR) is 55.9 cm³/mol. The maximum Gasteiger partial charge on any atom is 0.132 e. The highest BCUT2D eigenvalue weighted by Gasteiger charge is 2.09. The molecule has 0 nitrogen and oxygen atoms in total. The largest absolute Gasteiger partial charge is 0.206 e. The highest BCUT2D eigenvalue weighted by molar-refractivity contribution is 7.19. The monoisotopic (exact) mass is 194 g/mol. The fraction of sp³-hybridized carbons (Fsp3) is 0.273. The Balaban J connectivity index is 2.85. The first kappa shape index (κ1) is 8.70. The summed E-state index contributed by atoms with van der Waals surface area (Å²) in [5.74, 6) is -0.0917. The molecule has 68 valence electrons. The number of thiophene rings is 1. The Labute approximate surface area is 81.0 Å². The van der Waals surface area contributed by atoms with Crippen molar-refractivity contribution in [2.24, 2.45) is 0 Å². The third-order valence-electron chi connectivity index (χ3n) is 2.32. The minimum Gasteiger partial charge on any atom is -0.206 e. The van der Waals surface area contributed by atoms with Gasteiger partial charge >= 0.3 is 0 Å². The molecule has 0 spiro atoms. The Bertz CT molecular complexity index is 443. The second-order valence-electron chi connectivity index (χ2n) is 3.12. The minimum absolute atomic E-state index is 0.0917. The van der Waals surface area contributed by atoms with Gasteiger partial charge in [0.2, 0.25) is 0 Å². The molecule has 0 radical (unpaired) electrons. The number of halogens is 1. The first-order valence-electron chi connectivity index (χ1n) is 4.40. The third kappa shape index (κ3) is 1.25. The van der Waals surface area contributed by atoms with E-state index in [4.69, 9.17) is 0 Å². The second-order valence-corrected chi connectivity index (χ2v) is 4.25. The Hall–Kier alpha value is -0.890. The van der Waals surface area contributed by atoms with Gasteiger partial charge in [-0.1, -0.05) is 13.0 Å². The molecule has 2 heteroatoms. The average molecular weight is 194 g/mol. The summed E-state index contributed by atoms with van der Waals surface area (Å²) >= 11 is 1.70. The SMILES string of the molecule is CCc1sc2cccc(F)c2c1C. The predicted octanol–water partition coefficient (Wildman–Crippen LogP) is 3.91. The fourth-order valence-electron chi connectivity index (χ4n) is 1.64. The first-order chi connectivity index (χ1) is 6.24. The van der Waals surface area contributed by atoms with Crippen molar-refractivity contribution >= 4 is 21.4 Å². The molecule has 0 fully saturated rings. The van der Waals surface area contributed by atoms with Gasteiger partial charge in [-0.3, -0.25) is 0 Å². The van der Waals surface area contributed by atoms with Gasteiger partial charge in [0.05, 0.1) is 0 Å². The molecule has 0 aliphatic heterocycles. The molecule has 0 aliphatic rings. The molecule has 0 atom stereocenters. The maximum absolute atomic E-state index is 13.4. The Morgan fingerprint density at radius 3 is 2.77 bits per heavy atom. The summed E-state index contributed by atoms with van der Waals surface area (Å²) in [5, 5.41) is 0.810. The van der Waals surface area contributed by atoms with Crippen LogP contribution in [0.4, 0.5) is 4.39 Å². The topological polar surface area (TPSA) is 0 Å². The van der Waals surface area contributed by atoms with E-state index in [0.29, 0.717) is 0 Å². The molecule has 0 amide bonds. The Morgan fingerprint density at radius 1 is 1.38 bits per heavy atom. The number of rotatable bonds is 1. The third-order valence-corrected chi connectivity index (χ3v) is 3.72. The van der Waals surface area contributed by atoms with Crippen LogP contribution < -0.4 is 0 Å². The molecular weight excluding hydrogens is 183 g/mol. The van der Waals surface area contributed by atoms with Gasteiger partial charge in [0.15, 0.2) is 0 Å². The van der Waals surface area contributed by atoms with Crippen molar-refractivity contribution in [3.05, 3.63) is 34.5 Å². The molecule has 0 N–H and O–H groups in total. The summed E-state index contributed by atoms with van der Waals surface area (Å²) in [6, 6.07) is 5.28. The average Bonchev–Trinajstić information content (AvgIpc) is 2.44. The van der Waals surface area contributed by atoms with Gasteiger partial charge in [-0.15, -0.1) is 11.3 Å². The summed E-state index contributed by atoms with van der Waals surface area (Å²) in [7, 11) is 0. The summed E-state index contributed by atoms with van der Waals surface area (Å²) in [6.45, 7) is 4.11. The number of fused-ring (bicyclic) bond motifs is 1. The van der Waals surface area contributed by atoms with Crippen molar-refractivity contribution in [3.8, 4) is 0 Å². The van der Waals surface area contributed by atoms with Crippen molar-refractivity contribution in [3.63, 3.8) is 0 Å². The van der Waals surface area contributed by atoms with E-state index in [9.17, 15) is 4.39 Å². The van der Waals surface area contributed by atoms with Crippen LogP contribution in [0.2, 0.25) is 0 Å². The van der Waals surface area contributed by atoms with Crippen molar-refractivity contribution < 1.29 is 4.39 Å². The van der Waals surface area contributed by atoms with Crippen molar-refractivity contribution in [1.29, 1.82) is 0 Å². The van der Waals surface area contributed by atoms with E-state index in [1.165, 1.54) is 10.9 Å². The van der Waals surface area contributed by atoms with Gasteiger partial charge in [0, 0.05) is 15.0 Å². The lowest BCUT2D eigenvalue weighted by Crippen LogP contribution is -1.79. The standard InChI is InChI=1S/C11H11FS/c1-3-9-7(2)11-8(12)5-4-6-10(11)13-9/h4-6H,3H2,1-2H3. The van der Waals surface area contributed by atoms with E-state index >= 15 is 0 Å². The number of aryl methyl sites for hydroxylation is 2. The molecular formula is C11H11FS. The summed E-state index contributed by atoms with van der Waals surface area (Å²) in [4.78, 5) is 1.29. The zero-order valence-electron chi connectivity index (χ0n) is 7.73. The van der Waals surface area contributed by atoms with E-state index < -0.39 is 0 Å². The van der Waals surface area contributed by atoms with Crippen molar-refractivity contribution in [2.75, 3.05) is 0 Å². The normalized spacial score (nSPS) is 11.0. The quantitative estimate of drug-likeness (QED) is 0.645. The highest BCUT2D eigenvalue weighted by atomic mass is 32.1. The van der Waals surface area contributed by atoms with Crippen molar-refractivity contribution in [2.45, 2.75) is 20.3 Å². The van der Waals surface area contributed by atoms with Crippen LogP contribution in [0, 0.1) is 12.7 Å². The van der Waals surface area contributed by atoms with Gasteiger partial charge in [-0.2, -0.15) is 0 Å². The van der Waals surface area contributed by atoms with Crippen LogP contribution in [-0.2, 0) is 6.42 Å². The molecule has 0 saturated carbocycles. The van der Waals surface area contributed by atoms with E-state index in [1.54, 1.807) is 17.4 Å². The van der Waals surface area contributed by atoms with E-state index in [0.717, 1.165) is 22.1 Å². The summed E-state index contributed by atoms with van der Waals surface area (Å²) in [6.07, 6.45) is 0.991. The Morgan fingerprint density at radius 2 is 2.15 bits per heavy atom. The lowest BCUT2D eigenvalue weighted by molar-refractivity contribution is 0.639. The van der Waals surface area contributed by atoms with Gasteiger partial charge in [-0.25, -0.2) is 4.39 Å². The second kappa shape index (κ2) is 3.11. The van der Waals surface area contributed by atoms with Crippen molar-refractivity contribution in [1.82, 2.24) is 0 Å². The number of hydrogen-bond acceptors (Lipinski definition) is 1. The van der Waals surface area contributed by atoms with Crippen LogP contribution >= 0.6 is 11.3 Å². The van der Waals surface area contributed by atoms with Crippen LogP contribution in [0.3, 0.4) is 0 Å². The van der Waals surface area contributed by atoms with Crippen LogP contribution in [-0.4, -0.2) is 0 Å². The fourth-order valence-corrected chi connectivity index (χ4v) is 2.80. The van der Waals surface area contributed by atoms with Crippen LogP contribution in [0.25, 0.3) is 10.1 Å². The van der Waals surface area contributed by atoms with Crippen LogP contribution in [0.1, 0.15) is 17.4 Å². The van der Waals surface area contributed by atoms with Gasteiger partial charge in [-0.05, 0) is 31.0 Å². The van der Waals surface area contributed by atoms with E-state index in [-0.39, 0.29) is 5.82 Å². The lowest BCUT2D eigenvalue weighted by Gasteiger charge is -1.94. The van der Waals surface area contributed by atoms with Gasteiger partial charge in [0.25, 0.3) is 0 Å². The minimum atomic E-state index is -0.0917. The van der Waals surface area contributed by atoms with E-state index in [1.807, 2.05) is 13.0 Å². The zero-order chi connectivity index (χ0) is 9.42. The molecule has 1 aromatic heterocycles. The molecule has 0 aliphatic carbocycles. The molecule has 0 bridgehead atoms. The van der Waals surface area contributed by atoms with Crippen LogP contribution in [0.15, 0.2) is 18.2 Å². The number of hydrogen-bond donors (Lipinski definition) is 0. The van der Waals surface area contributed by atoms with Crippen LogP contribution in [0.5, 0.6) is 0 Å². The molecule has 0 unspecified atom stereocenters. The Kier molecular flexibility index (Phi) is 2.08. The molecule has 2 rings (SSSR count). The summed E-state index contributed by atoms with van der Waals surface area (Å²) in [5.41, 5.74) is 1.11. The molecule has 1 heterocycles. The first-order valence-corrected chi connectivity index (χ1v) is 5.22. The van der Waals surface area contributed by atoms with E-state index in [2.05, 4.69) is 6.92 Å². The molecule has 1 aromatic carbocycles. The maximum atomic E-state index is 13.4. The zero-order valence-corrected chi connectivity index (χ0v) is 8.54. The molecule has 13 heavy (non-hydrogen) atoms. The lowest BCUT2D eigenvalue weighted by atomic mass is 10.1. The molecule has 0 saturated heterocycles. The highest BCUT2D eigenvalue weighted by Crippen LogP contribution is 2.32. The van der Waals surface area contributed by atoms with Gasteiger partial charge < -0.3 is 0 Å². The molecule has 2 aromatic rings.